The van der Waals surface area contributed by atoms with Gasteiger partial charge in [0, 0.05) is 25.7 Å². The summed E-state index contributed by atoms with van der Waals surface area (Å²) in [6.45, 7) is 6.27. The van der Waals surface area contributed by atoms with E-state index in [0.29, 0.717) is 6.54 Å². The molecule has 2 saturated heterocycles. The third-order valence-electron chi connectivity index (χ3n) is 6.18. The molecule has 0 bridgehead atoms. The maximum atomic E-state index is 13.1. The maximum Gasteiger partial charge on any atom is 0.410 e. The summed E-state index contributed by atoms with van der Waals surface area (Å²) < 4.78 is 16.8. The van der Waals surface area contributed by atoms with E-state index in [-0.39, 0.29) is 24.8 Å². The molecule has 2 aromatic rings. The van der Waals surface area contributed by atoms with Crippen molar-refractivity contribution < 1.29 is 19.0 Å². The van der Waals surface area contributed by atoms with E-state index in [2.05, 4.69) is 17.9 Å². The third-order valence-corrected chi connectivity index (χ3v) is 6.18. The summed E-state index contributed by atoms with van der Waals surface area (Å²) in [5.41, 5.74) is 3.19. The second kappa shape index (κ2) is 9.49. The minimum absolute atomic E-state index is 0.0681. The van der Waals surface area contributed by atoms with Crippen LogP contribution in [-0.4, -0.2) is 61.9 Å². The molecule has 0 saturated carbocycles. The fourth-order valence-electron chi connectivity index (χ4n) is 4.62. The van der Waals surface area contributed by atoms with Gasteiger partial charge in [0.25, 0.3) is 0 Å². The highest BCUT2D eigenvalue weighted by Gasteiger charge is 2.43. The number of benzene rings is 2. The predicted molar refractivity (Wildman–Crippen MR) is 115 cm³/mol. The average Bonchev–Trinajstić information content (AvgIpc) is 3.24. The number of likely N-dealkylation sites (tertiary alicyclic amines) is 1. The van der Waals surface area contributed by atoms with Crippen LogP contribution in [0.2, 0.25) is 0 Å². The van der Waals surface area contributed by atoms with E-state index in [9.17, 15) is 4.79 Å². The van der Waals surface area contributed by atoms with E-state index in [1.165, 1.54) is 0 Å². The van der Waals surface area contributed by atoms with Crippen LogP contribution in [-0.2, 0) is 16.1 Å². The molecule has 2 aliphatic rings. The molecule has 4 rings (SSSR count). The normalized spacial score (nSPS) is 22.1. The van der Waals surface area contributed by atoms with Crippen LogP contribution in [0.3, 0.4) is 0 Å². The largest absolute Gasteiger partial charge is 0.496 e. The molecule has 2 fully saturated rings. The lowest BCUT2D eigenvalue weighted by Crippen LogP contribution is -2.47. The summed E-state index contributed by atoms with van der Waals surface area (Å²) in [7, 11) is 1.69. The first-order valence-corrected chi connectivity index (χ1v) is 10.6. The van der Waals surface area contributed by atoms with Gasteiger partial charge in [-0.25, -0.2) is 4.79 Å². The topological polar surface area (TPSA) is 51.2 Å². The number of hydrogen-bond acceptors (Lipinski definition) is 5. The van der Waals surface area contributed by atoms with Gasteiger partial charge < -0.3 is 14.2 Å². The molecule has 1 amide bonds. The van der Waals surface area contributed by atoms with E-state index in [0.717, 1.165) is 55.2 Å². The Hall–Kier alpha value is -2.57. The smallest absolute Gasteiger partial charge is 0.410 e. The van der Waals surface area contributed by atoms with E-state index in [1.54, 1.807) is 7.11 Å². The Bertz CT molecular complexity index is 852. The Morgan fingerprint density at radius 3 is 2.57 bits per heavy atom. The summed E-state index contributed by atoms with van der Waals surface area (Å²) in [5.74, 6) is 0.845. The molecule has 0 aliphatic carbocycles. The quantitative estimate of drug-likeness (QED) is 0.751. The maximum absolute atomic E-state index is 13.1. The Kier molecular flexibility index (Phi) is 6.55. The molecule has 6 heteroatoms. The zero-order valence-electron chi connectivity index (χ0n) is 17.8. The molecule has 160 valence electrons. The second-order valence-corrected chi connectivity index (χ2v) is 7.86. The molecule has 0 spiro atoms. The van der Waals surface area contributed by atoms with Crippen molar-refractivity contribution in [1.82, 2.24) is 9.80 Å². The fourth-order valence-corrected chi connectivity index (χ4v) is 4.62. The number of amides is 1. The van der Waals surface area contributed by atoms with Crippen LogP contribution >= 0.6 is 0 Å². The van der Waals surface area contributed by atoms with Crippen LogP contribution in [0.1, 0.15) is 29.2 Å². The minimum Gasteiger partial charge on any atom is -0.496 e. The lowest BCUT2D eigenvalue weighted by atomic mass is 9.94. The van der Waals surface area contributed by atoms with Gasteiger partial charge >= 0.3 is 6.09 Å². The number of carbonyl (C=O) groups excluding carboxylic acids is 1. The summed E-state index contributed by atoms with van der Waals surface area (Å²) in [6, 6.07) is 16.1. The zero-order valence-corrected chi connectivity index (χ0v) is 17.8. The Labute approximate surface area is 178 Å². The minimum atomic E-state index is -0.262. The lowest BCUT2D eigenvalue weighted by molar-refractivity contribution is 0.00708. The Morgan fingerprint density at radius 2 is 1.83 bits per heavy atom. The van der Waals surface area contributed by atoms with Crippen LogP contribution < -0.4 is 4.74 Å². The number of carbonyl (C=O) groups is 1. The third kappa shape index (κ3) is 4.30. The standard InChI is InChI=1S/C24H30N2O4/c1-18-20(9-6-10-22(18)28-2)23-21(25-13-15-29-16-14-25)11-12-26(23)24(27)30-17-19-7-4-3-5-8-19/h3-10,21,23H,11-17H2,1-2H3/t21-,23-/m0/s1. The van der Waals surface area contributed by atoms with Gasteiger partial charge in [0.05, 0.1) is 26.4 Å². The summed E-state index contributed by atoms with van der Waals surface area (Å²) >= 11 is 0. The van der Waals surface area contributed by atoms with Crippen molar-refractivity contribution in [3.63, 3.8) is 0 Å². The van der Waals surface area contributed by atoms with Gasteiger partial charge in [0.1, 0.15) is 12.4 Å². The number of ether oxygens (including phenoxy) is 3. The molecule has 0 radical (unpaired) electrons. The first-order valence-electron chi connectivity index (χ1n) is 10.6. The summed E-state index contributed by atoms with van der Waals surface area (Å²) in [4.78, 5) is 17.5. The average molecular weight is 411 g/mol. The Morgan fingerprint density at radius 1 is 1.07 bits per heavy atom. The van der Waals surface area contributed by atoms with Crippen molar-refractivity contribution in [2.24, 2.45) is 0 Å². The highest BCUT2D eigenvalue weighted by molar-refractivity contribution is 5.69. The Balaban J connectivity index is 1.59. The van der Waals surface area contributed by atoms with E-state index >= 15 is 0 Å². The molecule has 0 unspecified atom stereocenters. The van der Waals surface area contributed by atoms with Gasteiger partial charge in [-0.2, -0.15) is 0 Å². The van der Waals surface area contributed by atoms with Gasteiger partial charge in [0.2, 0.25) is 0 Å². The summed E-state index contributed by atoms with van der Waals surface area (Å²) in [6.07, 6.45) is 0.656. The van der Waals surface area contributed by atoms with Crippen LogP contribution in [0.25, 0.3) is 0 Å². The van der Waals surface area contributed by atoms with E-state index in [4.69, 9.17) is 14.2 Å². The monoisotopic (exact) mass is 410 g/mol. The number of hydrogen-bond donors (Lipinski definition) is 0. The second-order valence-electron chi connectivity index (χ2n) is 7.86. The molecule has 0 aromatic heterocycles. The molecule has 2 atom stereocenters. The van der Waals surface area contributed by atoms with E-state index < -0.39 is 0 Å². The van der Waals surface area contributed by atoms with Gasteiger partial charge in [-0.05, 0) is 36.1 Å². The van der Waals surface area contributed by atoms with Gasteiger partial charge in [-0.3, -0.25) is 9.80 Å². The molecule has 6 nitrogen and oxygen atoms in total. The summed E-state index contributed by atoms with van der Waals surface area (Å²) in [5, 5.41) is 0. The van der Waals surface area contributed by atoms with Crippen molar-refractivity contribution in [1.29, 1.82) is 0 Å². The van der Waals surface area contributed by atoms with Gasteiger partial charge in [-0.1, -0.05) is 42.5 Å². The fraction of sp³-hybridized carbons (Fsp3) is 0.458. The number of methoxy groups -OCH3 is 1. The van der Waals surface area contributed by atoms with Crippen LogP contribution in [0.4, 0.5) is 4.79 Å². The van der Waals surface area contributed by atoms with Crippen LogP contribution in [0.15, 0.2) is 48.5 Å². The van der Waals surface area contributed by atoms with Crippen molar-refractivity contribution in [3.05, 3.63) is 65.2 Å². The first-order chi connectivity index (χ1) is 14.7. The zero-order chi connectivity index (χ0) is 20.9. The van der Waals surface area contributed by atoms with Crippen LogP contribution in [0, 0.1) is 6.92 Å². The lowest BCUT2D eigenvalue weighted by Gasteiger charge is -2.37. The van der Waals surface area contributed by atoms with Gasteiger partial charge in [0.15, 0.2) is 0 Å². The molecule has 2 aromatic carbocycles. The molecule has 2 heterocycles. The molecule has 30 heavy (non-hydrogen) atoms. The molecular weight excluding hydrogens is 380 g/mol. The predicted octanol–water partition coefficient (Wildman–Crippen LogP) is 3.79. The van der Waals surface area contributed by atoms with Crippen molar-refractivity contribution in [3.8, 4) is 5.75 Å². The number of nitrogens with zero attached hydrogens (tertiary/aromatic N) is 2. The molecular formula is C24H30N2O4. The SMILES string of the molecule is COc1cccc([C@H]2[C@@H](N3CCOCC3)CCN2C(=O)OCc2ccccc2)c1C. The first kappa shape index (κ1) is 20.7. The number of rotatable bonds is 5. The van der Waals surface area contributed by atoms with Crippen LogP contribution in [0.5, 0.6) is 5.75 Å². The number of morpholine rings is 1. The molecule has 2 aliphatic heterocycles. The highest BCUT2D eigenvalue weighted by Crippen LogP contribution is 2.39. The van der Waals surface area contributed by atoms with Crippen molar-refractivity contribution in [2.75, 3.05) is 40.0 Å². The highest BCUT2D eigenvalue weighted by atomic mass is 16.6. The van der Waals surface area contributed by atoms with Crippen molar-refractivity contribution in [2.45, 2.75) is 32.0 Å². The molecule has 0 N–H and O–H groups in total. The van der Waals surface area contributed by atoms with Crippen molar-refractivity contribution >= 4 is 6.09 Å². The van der Waals surface area contributed by atoms with Gasteiger partial charge in [-0.15, -0.1) is 0 Å². The van der Waals surface area contributed by atoms with E-state index in [1.807, 2.05) is 47.4 Å².